The molecule has 10 atom stereocenters. The van der Waals surface area contributed by atoms with Crippen LogP contribution in [0.5, 0.6) is 0 Å². The summed E-state index contributed by atoms with van der Waals surface area (Å²) < 4.78 is 57.1. The zero-order chi connectivity index (χ0) is 77.1. The first-order chi connectivity index (χ1) is 52.9. The summed E-state index contributed by atoms with van der Waals surface area (Å²) in [5.41, 5.74) is 24.5. The molecule has 18 rings (SSSR count). The molecule has 5 nitrogen and oxygen atoms in total. The Bertz CT molecular complexity index is 4820. The molecule has 5 heterocycles. The molecule has 104 heavy (non-hydrogen) atoms. The van der Waals surface area contributed by atoms with Crippen molar-refractivity contribution in [3.8, 4) is 55.6 Å². The van der Waals surface area contributed by atoms with Gasteiger partial charge in [-0.1, -0.05) is 213 Å². The Labute approximate surface area is 635 Å². The highest BCUT2D eigenvalue weighted by atomic mass is 15.0. The van der Waals surface area contributed by atoms with Crippen molar-refractivity contribution in [3.05, 3.63) is 269 Å². The average Bonchev–Trinajstić information content (AvgIpc) is 1.69. The van der Waals surface area contributed by atoms with Gasteiger partial charge in [0.15, 0.2) is 59.5 Å². The van der Waals surface area contributed by atoms with Gasteiger partial charge >= 0.3 is 0 Å². The minimum atomic E-state index is -2.08. The lowest BCUT2D eigenvalue weighted by Crippen LogP contribution is -2.33. The summed E-state index contributed by atoms with van der Waals surface area (Å²) in [6.45, 7) is 7.45. The summed E-state index contributed by atoms with van der Waals surface area (Å²) >= 11 is 0. The molecule has 8 fully saturated rings. The van der Waals surface area contributed by atoms with Gasteiger partial charge in [-0.05, 0) is 211 Å². The fourth-order valence-electron chi connectivity index (χ4n) is 17.9. The second-order valence-electron chi connectivity index (χ2n) is 33.5. The highest BCUT2D eigenvalue weighted by molar-refractivity contribution is 5.68. The molecule has 8 saturated carbocycles. The second kappa shape index (κ2) is 32.7. The molecular formula is C99H122N5+5. The molecule has 0 N–H and O–H groups in total. The van der Waals surface area contributed by atoms with E-state index in [1.807, 2.05) is 36.5 Å². The van der Waals surface area contributed by atoms with Gasteiger partial charge in [0, 0.05) is 97.0 Å². The third-order valence-electron chi connectivity index (χ3n) is 25.4. The minimum absolute atomic E-state index is 0.398. The Morgan fingerprint density at radius 2 is 0.635 bits per heavy atom. The topological polar surface area (TPSA) is 19.4 Å². The summed E-state index contributed by atoms with van der Waals surface area (Å²) in [5.74, 6) is 10.0. The molecule has 538 valence electrons. The van der Waals surface area contributed by atoms with Crippen LogP contribution < -0.4 is 22.8 Å². The predicted octanol–water partition coefficient (Wildman–Crippen LogP) is 22.9. The van der Waals surface area contributed by atoms with Gasteiger partial charge in [0.1, 0.15) is 35.2 Å². The van der Waals surface area contributed by atoms with Gasteiger partial charge in [-0.25, -0.2) is 22.8 Å². The molecule has 0 amide bonds. The molecule has 5 aromatic heterocycles. The number of hydrogen-bond donors (Lipinski definition) is 0. The van der Waals surface area contributed by atoms with Crippen LogP contribution in [0.2, 0.25) is 0 Å². The minimum Gasteiger partial charge on any atom is -0.205 e. The summed E-state index contributed by atoms with van der Waals surface area (Å²) in [4.78, 5) is 0. The van der Waals surface area contributed by atoms with Gasteiger partial charge in [-0.3, -0.25) is 0 Å². The van der Waals surface area contributed by atoms with Crippen LogP contribution in [0.25, 0.3) is 55.6 Å². The van der Waals surface area contributed by atoms with Crippen molar-refractivity contribution in [1.82, 2.24) is 0 Å². The van der Waals surface area contributed by atoms with E-state index in [2.05, 4.69) is 245 Å². The van der Waals surface area contributed by atoms with E-state index in [4.69, 9.17) is 8.22 Å². The number of benzene rings is 5. The average molecular weight is 1390 g/mol. The van der Waals surface area contributed by atoms with Gasteiger partial charge in [0.05, 0.1) is 0 Å². The number of hydrogen-bond acceptors (Lipinski definition) is 0. The van der Waals surface area contributed by atoms with Crippen molar-refractivity contribution >= 4 is 0 Å². The smallest absolute Gasteiger partial charge is 0.185 e. The van der Waals surface area contributed by atoms with E-state index < -0.39 is 13.7 Å². The van der Waals surface area contributed by atoms with E-state index >= 15 is 0 Å². The highest BCUT2D eigenvalue weighted by Gasteiger charge is 2.43. The summed E-state index contributed by atoms with van der Waals surface area (Å²) in [5, 5.41) is 0. The van der Waals surface area contributed by atoms with E-state index in [9.17, 15) is 0 Å². The van der Waals surface area contributed by atoms with E-state index in [0.29, 0.717) is 23.0 Å². The Morgan fingerprint density at radius 1 is 0.279 bits per heavy atom. The fraction of sp³-hybridized carbons (Fsp3) is 0.444. The summed E-state index contributed by atoms with van der Waals surface area (Å²) in [7, 11) is 10.7. The Hall–Kier alpha value is -8.15. The fourth-order valence-corrected chi connectivity index (χ4v) is 17.9. The van der Waals surface area contributed by atoms with Gasteiger partial charge in [0.25, 0.3) is 0 Å². The van der Waals surface area contributed by atoms with Crippen molar-refractivity contribution in [2.45, 2.75) is 218 Å². The summed E-state index contributed by atoms with van der Waals surface area (Å²) in [6.07, 6.45) is 37.1. The van der Waals surface area contributed by atoms with E-state index in [1.165, 1.54) is 189 Å². The van der Waals surface area contributed by atoms with Crippen LogP contribution in [-0.2, 0) is 35.2 Å². The number of aromatic nitrogens is 5. The van der Waals surface area contributed by atoms with Crippen LogP contribution in [0.3, 0.4) is 0 Å². The van der Waals surface area contributed by atoms with Gasteiger partial charge in [0.2, 0.25) is 0 Å². The molecule has 10 unspecified atom stereocenters. The van der Waals surface area contributed by atoms with E-state index in [1.54, 1.807) is 35.4 Å². The largest absolute Gasteiger partial charge is 0.205 e. The van der Waals surface area contributed by atoms with Crippen LogP contribution in [0.1, 0.15) is 268 Å². The molecule has 0 spiro atoms. The maximum absolute atomic E-state index is 7.72. The first-order valence-corrected chi connectivity index (χ1v) is 40.4. The molecule has 8 aliphatic rings. The van der Waals surface area contributed by atoms with Crippen LogP contribution in [0.15, 0.2) is 213 Å². The predicted molar refractivity (Wildman–Crippen MR) is 430 cm³/mol. The van der Waals surface area contributed by atoms with Crippen molar-refractivity contribution in [3.63, 3.8) is 0 Å². The number of aryl methyl sites for hydroxylation is 7. The van der Waals surface area contributed by atoms with Crippen LogP contribution >= 0.6 is 0 Å². The van der Waals surface area contributed by atoms with Gasteiger partial charge in [-0.15, -0.1) is 0 Å². The van der Waals surface area contributed by atoms with E-state index in [0.717, 1.165) is 87.4 Å². The maximum Gasteiger partial charge on any atom is 0.185 e. The van der Waals surface area contributed by atoms with E-state index in [-0.39, 0.29) is 0 Å². The Balaban J connectivity index is 0.000000115. The quantitative estimate of drug-likeness (QED) is 0.103. The third-order valence-corrected chi connectivity index (χ3v) is 25.4. The molecule has 0 radical (unpaired) electrons. The highest BCUT2D eigenvalue weighted by Crippen LogP contribution is 2.50. The molecule has 0 aliphatic heterocycles. The second-order valence-corrected chi connectivity index (χ2v) is 33.5. The lowest BCUT2D eigenvalue weighted by molar-refractivity contribution is -0.679. The van der Waals surface area contributed by atoms with Gasteiger partial charge in [-0.2, -0.15) is 0 Å². The molecule has 0 bridgehead atoms. The lowest BCUT2D eigenvalue weighted by Gasteiger charge is -2.22. The normalized spacial score (nSPS) is 24.8. The van der Waals surface area contributed by atoms with Crippen molar-refractivity contribution in [1.29, 1.82) is 0 Å². The monoisotopic (exact) mass is 1390 g/mol. The van der Waals surface area contributed by atoms with Crippen molar-refractivity contribution < 1.29 is 31.1 Å². The molecular weight excluding hydrogens is 1260 g/mol. The van der Waals surface area contributed by atoms with Crippen LogP contribution in [0.4, 0.5) is 0 Å². The Morgan fingerprint density at radius 3 is 1.06 bits per heavy atom. The molecule has 0 saturated heterocycles. The molecule has 10 aromatic rings. The maximum atomic E-state index is 7.72. The van der Waals surface area contributed by atoms with Crippen LogP contribution in [0, 0.1) is 43.3 Å². The number of pyridine rings is 5. The lowest BCUT2D eigenvalue weighted by atomic mass is 9.83. The number of rotatable bonds is 13. The first kappa shape index (κ1) is 65.4. The standard InChI is InChI=1S/2C22H28N.C21H26N.2C17H20N/c1-16-13-21(16)22-12-11-20(15-23(22)2)19-10-6-9-18(14-19)17-7-4-3-5-8-17;1-16-14-21(16)22-13-12-20(15-23(22)2)19-10-8-18(9-11-19)17-6-4-3-5-7-17;1-15-12-20(15)21-11-10-19(14-22(21)2)18-9-5-8-17(13-18)16-6-3-4-7-16;1-12-5-4-6-14(9-12)15-7-8-18(3)17(11-15)16-10-13(16)2;1-12-6-4-5-7-15(12)14-8-9-18(3)17(11-14)16-10-13(16)2/h6,9-12,14-17,21H,3-5,7-8,13H2,1-2H3;8-13,15-17,21H,3-7,14H2,1-2H3;5,8-11,13-16,20H,3-4,6-7,12H2,1-2H3;2*4-9,11,13,16H,10H2,1-3H3/q5*+1/i;;;2*1D3. The number of nitrogens with zero attached hydrogens (tertiary/aromatic N) is 5. The molecule has 5 heteroatoms. The SMILES string of the molecule is CC1CC1c1ccc(-c2ccc(C3CCCCC3)cc2)c[n+]1C.CC1CC1c1ccc(-c2cccc(C3CCCC3)c2)c[n+]1C.CC1CC1c1ccc(-c2cccc(C3CCCCC3)c2)c[n+]1C.[2H]C([2H])([2H])c1cccc(-c2cc[n+](C)c(C3CC3C)c2)c1.[2H]C([2H])([2H])c1ccccc1-c1cc[n+](C)c(C2CC2C)c1. The molecule has 8 aliphatic carbocycles. The zero-order valence-corrected chi connectivity index (χ0v) is 64.4. The summed E-state index contributed by atoms with van der Waals surface area (Å²) in [6, 6.07) is 64.8. The van der Waals surface area contributed by atoms with Crippen molar-refractivity contribution in [2.24, 2.45) is 64.8 Å². The van der Waals surface area contributed by atoms with Crippen molar-refractivity contribution in [2.75, 3.05) is 0 Å². The zero-order valence-electron chi connectivity index (χ0n) is 70.4. The molecule has 5 aromatic carbocycles. The first-order valence-electron chi connectivity index (χ1n) is 43.4. The van der Waals surface area contributed by atoms with Gasteiger partial charge < -0.3 is 0 Å². The Kier molecular flexibility index (Phi) is 20.6. The van der Waals surface area contributed by atoms with Crippen LogP contribution in [-0.4, -0.2) is 0 Å². The third kappa shape index (κ3) is 17.9.